The van der Waals surface area contributed by atoms with Crippen LogP contribution in [0.3, 0.4) is 0 Å². The molecule has 156 valence electrons. The Balaban J connectivity index is 1.59. The Morgan fingerprint density at radius 2 is 1.67 bits per heavy atom. The average Bonchev–Trinajstić information content (AvgIpc) is 2.71. The van der Waals surface area contributed by atoms with Crippen molar-refractivity contribution in [3.05, 3.63) is 83.9 Å². The van der Waals surface area contributed by atoms with Gasteiger partial charge in [-0.25, -0.2) is 17.2 Å². The number of aryl methyl sites for hydroxylation is 1. The first-order chi connectivity index (χ1) is 14.2. The zero-order valence-electron chi connectivity index (χ0n) is 15.9. The van der Waals surface area contributed by atoms with Crippen LogP contribution in [0.5, 0.6) is 5.75 Å². The fourth-order valence-corrected chi connectivity index (χ4v) is 3.66. The molecule has 0 aliphatic rings. The number of carbonyl (C=O) groups excluding carboxylic acids is 1. The predicted octanol–water partition coefficient (Wildman–Crippen LogP) is 4.09. The first-order valence-electron chi connectivity index (χ1n) is 8.81. The van der Waals surface area contributed by atoms with E-state index in [2.05, 4.69) is 10.0 Å². The molecule has 0 heterocycles. The minimum Gasteiger partial charge on any atom is -0.484 e. The highest BCUT2D eigenvalue weighted by atomic mass is 32.2. The quantitative estimate of drug-likeness (QED) is 0.589. The number of ether oxygens (including phenoxy) is 1. The van der Waals surface area contributed by atoms with Gasteiger partial charge in [0.25, 0.3) is 15.9 Å². The molecule has 3 rings (SSSR count). The predicted molar refractivity (Wildman–Crippen MR) is 109 cm³/mol. The minimum atomic E-state index is -3.78. The van der Waals surface area contributed by atoms with Crippen LogP contribution in [-0.4, -0.2) is 20.9 Å². The van der Waals surface area contributed by atoms with Crippen molar-refractivity contribution in [1.29, 1.82) is 0 Å². The van der Waals surface area contributed by atoms with E-state index in [1.54, 1.807) is 25.1 Å². The number of para-hydroxylation sites is 1. The molecule has 0 saturated heterocycles. The largest absolute Gasteiger partial charge is 0.484 e. The van der Waals surface area contributed by atoms with Crippen molar-refractivity contribution in [1.82, 2.24) is 0 Å². The molecular formula is C21H18F2N2O4S. The molecule has 0 atom stereocenters. The third-order valence-electron chi connectivity index (χ3n) is 4.10. The smallest absolute Gasteiger partial charge is 0.262 e. The van der Waals surface area contributed by atoms with Crippen molar-refractivity contribution in [3.63, 3.8) is 0 Å². The second kappa shape index (κ2) is 8.91. The van der Waals surface area contributed by atoms with E-state index in [9.17, 15) is 22.0 Å². The molecule has 0 spiro atoms. The number of hydrogen-bond donors (Lipinski definition) is 2. The molecule has 0 aliphatic heterocycles. The van der Waals surface area contributed by atoms with Crippen LogP contribution in [0.25, 0.3) is 0 Å². The van der Waals surface area contributed by atoms with Crippen LogP contribution in [0.2, 0.25) is 0 Å². The van der Waals surface area contributed by atoms with E-state index in [4.69, 9.17) is 4.74 Å². The highest BCUT2D eigenvalue weighted by Gasteiger charge is 2.15. The van der Waals surface area contributed by atoms with Gasteiger partial charge in [0.15, 0.2) is 18.2 Å². The Morgan fingerprint density at radius 1 is 0.967 bits per heavy atom. The molecule has 2 N–H and O–H groups in total. The normalized spacial score (nSPS) is 11.0. The van der Waals surface area contributed by atoms with Crippen molar-refractivity contribution >= 4 is 27.3 Å². The SMILES string of the molecule is Cc1ccccc1NS(=O)(=O)c1ccc(OCC(=O)Nc2ccc(F)c(F)c2)cc1. The van der Waals surface area contributed by atoms with Crippen molar-refractivity contribution in [3.8, 4) is 5.75 Å². The van der Waals surface area contributed by atoms with Crippen molar-refractivity contribution in [2.24, 2.45) is 0 Å². The molecule has 0 aliphatic carbocycles. The van der Waals surface area contributed by atoms with Gasteiger partial charge >= 0.3 is 0 Å². The molecule has 3 aromatic rings. The second-order valence-electron chi connectivity index (χ2n) is 6.36. The Hall–Kier alpha value is -3.46. The lowest BCUT2D eigenvalue weighted by molar-refractivity contribution is -0.118. The summed E-state index contributed by atoms with van der Waals surface area (Å²) in [5.41, 5.74) is 1.35. The first kappa shape index (κ1) is 21.3. The van der Waals surface area contributed by atoms with Crippen LogP contribution < -0.4 is 14.8 Å². The fourth-order valence-electron chi connectivity index (χ4n) is 2.53. The maximum Gasteiger partial charge on any atom is 0.262 e. The van der Waals surface area contributed by atoms with E-state index < -0.39 is 34.2 Å². The van der Waals surface area contributed by atoms with Crippen LogP contribution in [-0.2, 0) is 14.8 Å². The van der Waals surface area contributed by atoms with Gasteiger partial charge < -0.3 is 10.1 Å². The molecule has 0 saturated carbocycles. The Labute approximate surface area is 172 Å². The standard InChI is InChI=1S/C21H18F2N2O4S/c1-14-4-2-3-5-20(14)25-30(27,28)17-9-7-16(8-10-17)29-13-21(26)24-15-6-11-18(22)19(23)12-15/h2-12,25H,13H2,1H3,(H,24,26). The van der Waals surface area contributed by atoms with Gasteiger partial charge in [0, 0.05) is 11.8 Å². The summed E-state index contributed by atoms with van der Waals surface area (Å²) in [6.07, 6.45) is 0. The average molecular weight is 432 g/mol. The first-order valence-corrected chi connectivity index (χ1v) is 10.3. The third-order valence-corrected chi connectivity index (χ3v) is 5.48. The van der Waals surface area contributed by atoms with Gasteiger partial charge in [-0.1, -0.05) is 18.2 Å². The van der Waals surface area contributed by atoms with E-state index in [1.165, 1.54) is 30.3 Å². The Morgan fingerprint density at radius 3 is 2.33 bits per heavy atom. The number of anilines is 2. The maximum atomic E-state index is 13.2. The number of hydrogen-bond acceptors (Lipinski definition) is 4. The van der Waals surface area contributed by atoms with Crippen molar-refractivity contribution in [2.75, 3.05) is 16.6 Å². The lowest BCUT2D eigenvalue weighted by Crippen LogP contribution is -2.20. The van der Waals surface area contributed by atoms with Crippen LogP contribution in [0, 0.1) is 18.6 Å². The summed E-state index contributed by atoms with van der Waals surface area (Å²) in [5, 5.41) is 2.37. The van der Waals surface area contributed by atoms with Crippen LogP contribution in [0.4, 0.5) is 20.2 Å². The summed E-state index contributed by atoms with van der Waals surface area (Å²) >= 11 is 0. The molecule has 0 bridgehead atoms. The Kier molecular flexibility index (Phi) is 6.31. The Bertz CT molecular complexity index is 1170. The van der Waals surface area contributed by atoms with Gasteiger partial charge in [-0.15, -0.1) is 0 Å². The summed E-state index contributed by atoms with van der Waals surface area (Å²) in [5.74, 6) is -2.41. The molecule has 3 aromatic carbocycles. The summed E-state index contributed by atoms with van der Waals surface area (Å²) in [6, 6.07) is 15.5. The van der Waals surface area contributed by atoms with E-state index in [-0.39, 0.29) is 16.3 Å². The summed E-state index contributed by atoms with van der Waals surface area (Å²) in [7, 11) is -3.78. The van der Waals surface area contributed by atoms with E-state index in [1.807, 2.05) is 6.07 Å². The van der Waals surface area contributed by atoms with Crippen molar-refractivity contribution in [2.45, 2.75) is 11.8 Å². The molecule has 6 nitrogen and oxygen atoms in total. The lowest BCUT2D eigenvalue weighted by Gasteiger charge is -2.11. The van der Waals surface area contributed by atoms with E-state index in [0.717, 1.165) is 17.7 Å². The number of rotatable bonds is 7. The summed E-state index contributed by atoms with van der Waals surface area (Å²) in [6.45, 7) is 1.40. The number of benzene rings is 3. The topological polar surface area (TPSA) is 84.5 Å². The summed E-state index contributed by atoms with van der Waals surface area (Å²) in [4.78, 5) is 11.9. The number of sulfonamides is 1. The highest BCUT2D eigenvalue weighted by molar-refractivity contribution is 7.92. The highest BCUT2D eigenvalue weighted by Crippen LogP contribution is 2.21. The number of carbonyl (C=O) groups is 1. The maximum absolute atomic E-state index is 13.2. The van der Waals surface area contributed by atoms with Gasteiger partial charge in [-0.3, -0.25) is 9.52 Å². The zero-order chi connectivity index (χ0) is 21.7. The molecule has 0 aromatic heterocycles. The van der Waals surface area contributed by atoms with Gasteiger partial charge in [-0.2, -0.15) is 0 Å². The number of nitrogens with one attached hydrogen (secondary N) is 2. The zero-order valence-corrected chi connectivity index (χ0v) is 16.7. The number of amides is 1. The molecule has 0 fully saturated rings. The molecule has 0 radical (unpaired) electrons. The monoisotopic (exact) mass is 432 g/mol. The summed E-state index contributed by atoms with van der Waals surface area (Å²) < 4.78 is 58.9. The van der Waals surface area contributed by atoms with Crippen molar-refractivity contribution < 1.29 is 26.7 Å². The molecule has 1 amide bonds. The molecule has 0 unspecified atom stereocenters. The minimum absolute atomic E-state index is 0.0318. The molecular weight excluding hydrogens is 414 g/mol. The van der Waals surface area contributed by atoms with Gasteiger partial charge in [0.1, 0.15) is 5.75 Å². The second-order valence-corrected chi connectivity index (χ2v) is 8.04. The molecule has 30 heavy (non-hydrogen) atoms. The lowest BCUT2D eigenvalue weighted by atomic mass is 10.2. The fraction of sp³-hybridized carbons (Fsp3) is 0.0952. The van der Waals surface area contributed by atoms with Crippen LogP contribution in [0.15, 0.2) is 71.6 Å². The number of halogens is 2. The van der Waals surface area contributed by atoms with Gasteiger partial charge in [0.2, 0.25) is 0 Å². The third kappa shape index (κ3) is 5.32. The molecule has 9 heteroatoms. The van der Waals surface area contributed by atoms with E-state index >= 15 is 0 Å². The van der Waals surface area contributed by atoms with Gasteiger partial charge in [0.05, 0.1) is 10.6 Å². The van der Waals surface area contributed by atoms with Crippen LogP contribution >= 0.6 is 0 Å². The van der Waals surface area contributed by atoms with E-state index in [0.29, 0.717) is 5.69 Å². The van der Waals surface area contributed by atoms with Gasteiger partial charge in [-0.05, 0) is 55.0 Å². The van der Waals surface area contributed by atoms with Crippen LogP contribution in [0.1, 0.15) is 5.56 Å².